The molecule has 1 saturated carbocycles. The largest absolute Gasteiger partial charge is 0.424 e. The van der Waals surface area contributed by atoms with Gasteiger partial charge in [-0.15, -0.1) is 0 Å². The summed E-state index contributed by atoms with van der Waals surface area (Å²) in [5, 5.41) is 22.6. The number of nitrogen functional groups attached to an aromatic ring is 1. The topological polar surface area (TPSA) is 92.5 Å². The average molecular weight is 447 g/mol. The molecule has 0 saturated heterocycles. The lowest BCUT2D eigenvalue weighted by Gasteiger charge is -2.56. The summed E-state index contributed by atoms with van der Waals surface area (Å²) in [5.74, 6) is 0.568. The first-order valence-electron chi connectivity index (χ1n) is 12.3. The highest BCUT2D eigenvalue weighted by Gasteiger charge is 2.62. The van der Waals surface area contributed by atoms with Gasteiger partial charge in [0.1, 0.15) is 5.52 Å². The predicted octanol–water partition coefficient (Wildman–Crippen LogP) is 5.40. The quantitative estimate of drug-likeness (QED) is 0.546. The van der Waals surface area contributed by atoms with E-state index < -0.39 is 5.60 Å². The average Bonchev–Trinajstić information content (AvgIpc) is 3.27. The van der Waals surface area contributed by atoms with Gasteiger partial charge in [-0.1, -0.05) is 50.6 Å². The first-order valence-corrected chi connectivity index (χ1v) is 12.3. The molecule has 4 aliphatic rings. The number of oxazole rings is 1. The first-order chi connectivity index (χ1) is 15.6. The van der Waals surface area contributed by atoms with Gasteiger partial charge in [-0.25, -0.2) is 0 Å². The summed E-state index contributed by atoms with van der Waals surface area (Å²) in [6.45, 7) is 6.93. The Kier molecular flexibility index (Phi) is 4.38. The molecule has 0 amide bonds. The van der Waals surface area contributed by atoms with Crippen LogP contribution in [0, 0.1) is 22.7 Å². The number of aromatic nitrogens is 1. The molecule has 1 aromatic heterocycles. The van der Waals surface area contributed by atoms with Crippen LogP contribution in [-0.2, 0) is 0 Å². The maximum Gasteiger partial charge on any atom is 0.292 e. The monoisotopic (exact) mass is 446 g/mol. The smallest absolute Gasteiger partial charge is 0.292 e. The summed E-state index contributed by atoms with van der Waals surface area (Å²) in [6, 6.07) is 6.31. The van der Waals surface area contributed by atoms with E-state index in [1.54, 1.807) is 0 Å². The number of rotatable bonds is 1. The minimum absolute atomic E-state index is 0.0902. The Balaban J connectivity index is 1.46. The maximum absolute atomic E-state index is 12.3. The van der Waals surface area contributed by atoms with Crippen molar-refractivity contribution in [2.24, 2.45) is 22.7 Å². The summed E-state index contributed by atoms with van der Waals surface area (Å²) >= 11 is 0. The van der Waals surface area contributed by atoms with E-state index in [2.05, 4.69) is 50.0 Å². The van der Waals surface area contributed by atoms with E-state index in [0.29, 0.717) is 11.5 Å². The molecule has 33 heavy (non-hydrogen) atoms. The predicted molar refractivity (Wildman–Crippen MR) is 130 cm³/mol. The molecule has 0 aliphatic heterocycles. The molecule has 0 bridgehead atoms. The van der Waals surface area contributed by atoms with Crippen molar-refractivity contribution >= 4 is 22.7 Å². The molecule has 6 rings (SSSR count). The highest BCUT2D eigenvalue weighted by atomic mass is 16.4. The Morgan fingerprint density at radius 2 is 1.97 bits per heavy atom. The molecule has 0 spiro atoms. The van der Waals surface area contributed by atoms with Crippen molar-refractivity contribution in [3.8, 4) is 0 Å². The lowest BCUT2D eigenvalue weighted by atomic mass is 9.49. The van der Waals surface area contributed by atoms with Crippen molar-refractivity contribution in [1.82, 2.24) is 4.98 Å². The number of anilines is 1. The second kappa shape index (κ2) is 6.83. The number of allylic oxidation sites excluding steroid dienone is 3. The Morgan fingerprint density at radius 3 is 2.79 bits per heavy atom. The van der Waals surface area contributed by atoms with Gasteiger partial charge in [0.05, 0.1) is 11.7 Å². The zero-order valence-electron chi connectivity index (χ0n) is 19.8. The fourth-order valence-corrected chi connectivity index (χ4v) is 7.44. The van der Waals surface area contributed by atoms with Crippen molar-refractivity contribution in [2.45, 2.75) is 71.0 Å². The Labute approximate surface area is 195 Å². The maximum atomic E-state index is 12.3. The van der Waals surface area contributed by atoms with Crippen LogP contribution in [0.15, 0.2) is 52.0 Å². The van der Waals surface area contributed by atoms with Gasteiger partial charge < -0.3 is 20.4 Å². The van der Waals surface area contributed by atoms with Crippen LogP contribution in [0.5, 0.6) is 0 Å². The van der Waals surface area contributed by atoms with Crippen LogP contribution < -0.4 is 5.73 Å². The number of hydrogen-bond donors (Lipinski definition) is 3. The van der Waals surface area contributed by atoms with Gasteiger partial charge in [0.2, 0.25) is 0 Å². The molecule has 4 unspecified atom stereocenters. The molecule has 4 aliphatic carbocycles. The van der Waals surface area contributed by atoms with Crippen molar-refractivity contribution in [3.63, 3.8) is 0 Å². The van der Waals surface area contributed by atoms with E-state index in [9.17, 15) is 10.2 Å². The zero-order valence-corrected chi connectivity index (χ0v) is 19.8. The van der Waals surface area contributed by atoms with Crippen LogP contribution >= 0.6 is 0 Å². The fourth-order valence-electron chi connectivity index (χ4n) is 7.44. The van der Waals surface area contributed by atoms with Crippen molar-refractivity contribution in [2.75, 3.05) is 5.73 Å². The molecule has 2 aromatic rings. The number of nitrogens with zero attached hydrogens (tertiary/aromatic N) is 1. The molecule has 174 valence electrons. The second-order valence-corrected chi connectivity index (χ2v) is 11.5. The Morgan fingerprint density at radius 1 is 1.15 bits per heavy atom. The molecular weight excluding hydrogens is 412 g/mol. The molecule has 5 heteroatoms. The number of nitrogens with two attached hydrogens (primary N) is 1. The van der Waals surface area contributed by atoms with Crippen molar-refractivity contribution < 1.29 is 14.6 Å². The number of aliphatic hydroxyl groups excluding tert-OH is 1. The van der Waals surface area contributed by atoms with E-state index in [1.165, 1.54) is 11.1 Å². The molecule has 1 fully saturated rings. The van der Waals surface area contributed by atoms with Gasteiger partial charge in [-0.3, -0.25) is 0 Å². The van der Waals surface area contributed by atoms with Crippen LogP contribution in [0.4, 0.5) is 6.01 Å². The standard InChI is InChI=1S/C28H34N2O3/c1-26(2)15-19-12-18-13-20(31)6-4-16(18)10-11-28(19,32)24-9-7-21(27(24,26)3)17-5-8-22-23(14-17)33-25(29)30-22/h5,7-8,12,14-16,20,24,31-32H,4,6,9-11,13H2,1-3H3,(H2,29,30)/t16?,20?,24?,27?,28-/m1/s1. The number of aliphatic hydroxyl groups is 2. The van der Waals surface area contributed by atoms with Crippen molar-refractivity contribution in [3.05, 3.63) is 53.1 Å². The summed E-state index contributed by atoms with van der Waals surface area (Å²) in [5.41, 5.74) is 10.7. The Hall–Kier alpha value is -2.37. The van der Waals surface area contributed by atoms with Gasteiger partial charge in [0.25, 0.3) is 6.01 Å². The van der Waals surface area contributed by atoms with E-state index in [1.807, 2.05) is 12.1 Å². The number of fused-ring (bicyclic) bond motifs is 5. The van der Waals surface area contributed by atoms with E-state index >= 15 is 0 Å². The molecule has 1 aromatic carbocycles. The van der Waals surface area contributed by atoms with Gasteiger partial charge in [-0.05, 0) is 78.7 Å². The third kappa shape index (κ3) is 2.88. The second-order valence-electron chi connectivity index (χ2n) is 11.5. The highest BCUT2D eigenvalue weighted by Crippen LogP contribution is 2.67. The van der Waals surface area contributed by atoms with Crippen LogP contribution in [0.2, 0.25) is 0 Å². The molecule has 5 atom stereocenters. The summed E-state index contributed by atoms with van der Waals surface area (Å²) in [7, 11) is 0. The molecule has 1 heterocycles. The SMILES string of the molecule is CC1(C)C=C2C=C3CC(O)CCC3CC[C@]2(O)C2CC=C(c3ccc4nc(N)oc4c3)C21C. The van der Waals surface area contributed by atoms with E-state index in [0.717, 1.165) is 55.2 Å². The normalized spacial score (nSPS) is 37.4. The van der Waals surface area contributed by atoms with Crippen LogP contribution in [-0.4, -0.2) is 26.9 Å². The van der Waals surface area contributed by atoms with E-state index in [4.69, 9.17) is 10.2 Å². The van der Waals surface area contributed by atoms with Gasteiger partial charge in [0.15, 0.2) is 5.58 Å². The number of benzene rings is 1. The molecule has 5 nitrogen and oxygen atoms in total. The van der Waals surface area contributed by atoms with Crippen LogP contribution in [0.1, 0.15) is 64.9 Å². The van der Waals surface area contributed by atoms with Gasteiger partial charge >= 0.3 is 0 Å². The van der Waals surface area contributed by atoms with Crippen LogP contribution in [0.25, 0.3) is 16.7 Å². The zero-order chi connectivity index (χ0) is 23.2. The fraction of sp³-hybridized carbons (Fsp3) is 0.536. The highest BCUT2D eigenvalue weighted by molar-refractivity contribution is 5.83. The molecule has 4 N–H and O–H groups in total. The van der Waals surface area contributed by atoms with Gasteiger partial charge in [-0.2, -0.15) is 4.98 Å². The summed E-state index contributed by atoms with van der Waals surface area (Å²) in [4.78, 5) is 4.24. The Bertz CT molecular complexity index is 1230. The lowest BCUT2D eigenvalue weighted by Crippen LogP contribution is -2.55. The lowest BCUT2D eigenvalue weighted by molar-refractivity contribution is -0.0651. The van der Waals surface area contributed by atoms with Crippen LogP contribution in [0.3, 0.4) is 0 Å². The third-order valence-corrected chi connectivity index (χ3v) is 9.52. The van der Waals surface area contributed by atoms with Crippen molar-refractivity contribution in [1.29, 1.82) is 0 Å². The minimum Gasteiger partial charge on any atom is -0.424 e. The summed E-state index contributed by atoms with van der Waals surface area (Å²) in [6.07, 6.45) is 11.9. The molecule has 0 radical (unpaired) electrons. The van der Waals surface area contributed by atoms with Gasteiger partial charge in [0, 0.05) is 11.3 Å². The third-order valence-electron chi connectivity index (χ3n) is 9.52. The first kappa shape index (κ1) is 21.2. The minimum atomic E-state index is -0.863. The molecular formula is C28H34N2O3. The van der Waals surface area contributed by atoms with E-state index in [-0.39, 0.29) is 28.9 Å². The number of hydrogen-bond acceptors (Lipinski definition) is 5. The summed E-state index contributed by atoms with van der Waals surface area (Å²) < 4.78 is 5.62.